The molecule has 0 amide bonds. The lowest BCUT2D eigenvalue weighted by Crippen LogP contribution is -2.21. The zero-order valence-corrected chi connectivity index (χ0v) is 13.2. The lowest BCUT2D eigenvalue weighted by molar-refractivity contribution is 0.963. The van der Waals surface area contributed by atoms with Crippen LogP contribution in [0.1, 0.15) is 5.56 Å². The first-order valence-corrected chi connectivity index (χ1v) is 7.26. The maximum atomic E-state index is 12.8. The Morgan fingerprint density at radius 2 is 1.71 bits per heavy atom. The van der Waals surface area contributed by atoms with Crippen LogP contribution >= 0.6 is 34.8 Å². The summed E-state index contributed by atoms with van der Waals surface area (Å²) >= 11 is 18.4. The van der Waals surface area contributed by atoms with E-state index in [4.69, 9.17) is 34.8 Å². The van der Waals surface area contributed by atoms with Crippen LogP contribution in [0.2, 0.25) is 15.3 Å². The predicted octanol–water partition coefficient (Wildman–Crippen LogP) is 4.65. The average Bonchev–Trinajstić information content (AvgIpc) is 2.44. The highest BCUT2D eigenvalue weighted by molar-refractivity contribution is 6.36. The van der Waals surface area contributed by atoms with Gasteiger partial charge in [-0.25, -0.2) is 9.55 Å². The van der Waals surface area contributed by atoms with E-state index >= 15 is 0 Å². The smallest absolute Gasteiger partial charge is 0.267 e. The van der Waals surface area contributed by atoms with Gasteiger partial charge in [-0.15, -0.1) is 0 Å². The molecule has 1 aromatic heterocycles. The van der Waals surface area contributed by atoms with Gasteiger partial charge in [0, 0.05) is 0 Å². The molecular weight excluding hydrogens is 331 g/mol. The number of hydrogen-bond donors (Lipinski definition) is 0. The molecule has 0 fully saturated rings. The van der Waals surface area contributed by atoms with Gasteiger partial charge in [-0.3, -0.25) is 4.79 Å². The maximum absolute atomic E-state index is 12.8. The molecule has 6 heteroatoms. The summed E-state index contributed by atoms with van der Waals surface area (Å²) in [7, 11) is 0. The second-order valence-electron chi connectivity index (χ2n) is 4.56. The lowest BCUT2D eigenvalue weighted by atomic mass is 10.1. The van der Waals surface area contributed by atoms with Crippen LogP contribution in [0.3, 0.4) is 0 Å². The number of hydrogen-bond acceptors (Lipinski definition) is 2. The van der Waals surface area contributed by atoms with Gasteiger partial charge in [-0.1, -0.05) is 41.4 Å². The van der Waals surface area contributed by atoms with E-state index in [1.165, 1.54) is 4.57 Å². The molecule has 2 aromatic carbocycles. The molecule has 0 aliphatic heterocycles. The number of benzene rings is 2. The summed E-state index contributed by atoms with van der Waals surface area (Å²) in [6.45, 7) is 1.83. The number of aryl methyl sites for hydroxylation is 1. The Morgan fingerprint density at radius 1 is 1.00 bits per heavy atom. The van der Waals surface area contributed by atoms with Crippen LogP contribution in [0.5, 0.6) is 0 Å². The van der Waals surface area contributed by atoms with Gasteiger partial charge in [0.15, 0.2) is 0 Å². The standard InChI is InChI=1S/C15H9Cl3N2O/c1-8-6-7-10(17)13-12(8)14(21)20(15(18)19-13)11-5-3-2-4-9(11)16/h2-7H,1H3. The molecule has 0 saturated carbocycles. The second-order valence-corrected chi connectivity index (χ2v) is 5.71. The summed E-state index contributed by atoms with van der Waals surface area (Å²) in [6, 6.07) is 10.4. The van der Waals surface area contributed by atoms with Crippen molar-refractivity contribution in [3.8, 4) is 5.69 Å². The molecule has 3 rings (SSSR count). The van der Waals surface area contributed by atoms with Gasteiger partial charge in [0.1, 0.15) is 0 Å². The van der Waals surface area contributed by atoms with Crippen molar-refractivity contribution in [2.24, 2.45) is 0 Å². The molecule has 0 spiro atoms. The van der Waals surface area contributed by atoms with Gasteiger partial charge in [0.25, 0.3) is 5.56 Å². The summed E-state index contributed by atoms with van der Waals surface area (Å²) in [4.78, 5) is 17.0. The Kier molecular flexibility index (Phi) is 3.66. The van der Waals surface area contributed by atoms with Crippen molar-refractivity contribution in [3.63, 3.8) is 0 Å². The quantitative estimate of drug-likeness (QED) is 0.605. The molecule has 21 heavy (non-hydrogen) atoms. The Bertz CT molecular complexity index is 919. The van der Waals surface area contributed by atoms with Crippen LogP contribution in [-0.4, -0.2) is 9.55 Å². The first-order valence-electron chi connectivity index (χ1n) is 6.13. The van der Waals surface area contributed by atoms with Crippen molar-refractivity contribution in [2.75, 3.05) is 0 Å². The van der Waals surface area contributed by atoms with Gasteiger partial charge in [0.2, 0.25) is 5.28 Å². The van der Waals surface area contributed by atoms with Gasteiger partial charge >= 0.3 is 0 Å². The summed E-state index contributed by atoms with van der Waals surface area (Å²) < 4.78 is 1.29. The minimum atomic E-state index is -0.293. The minimum Gasteiger partial charge on any atom is -0.268 e. The first kappa shape index (κ1) is 14.4. The number of para-hydroxylation sites is 1. The fourth-order valence-electron chi connectivity index (χ4n) is 2.23. The molecule has 0 aliphatic rings. The van der Waals surface area contributed by atoms with Crippen LogP contribution in [0.25, 0.3) is 16.6 Å². The normalized spacial score (nSPS) is 11.0. The van der Waals surface area contributed by atoms with Crippen molar-refractivity contribution in [3.05, 3.63) is 67.6 Å². The third-order valence-corrected chi connectivity index (χ3v) is 4.11. The van der Waals surface area contributed by atoms with Crippen LogP contribution in [-0.2, 0) is 0 Å². The molecule has 0 N–H and O–H groups in total. The van der Waals surface area contributed by atoms with Crippen molar-refractivity contribution < 1.29 is 0 Å². The van der Waals surface area contributed by atoms with Crippen LogP contribution in [0.4, 0.5) is 0 Å². The molecule has 3 nitrogen and oxygen atoms in total. The van der Waals surface area contributed by atoms with Crippen LogP contribution < -0.4 is 5.56 Å². The highest BCUT2D eigenvalue weighted by atomic mass is 35.5. The topological polar surface area (TPSA) is 34.9 Å². The third-order valence-electron chi connectivity index (χ3n) is 3.24. The molecule has 0 saturated heterocycles. The molecule has 0 radical (unpaired) electrons. The zero-order valence-electron chi connectivity index (χ0n) is 10.9. The van der Waals surface area contributed by atoms with E-state index in [-0.39, 0.29) is 10.8 Å². The molecule has 106 valence electrons. The van der Waals surface area contributed by atoms with E-state index < -0.39 is 0 Å². The van der Waals surface area contributed by atoms with E-state index in [0.717, 1.165) is 5.56 Å². The lowest BCUT2D eigenvalue weighted by Gasteiger charge is -2.12. The predicted molar refractivity (Wildman–Crippen MR) is 87.1 cm³/mol. The highest BCUT2D eigenvalue weighted by Crippen LogP contribution is 2.26. The minimum absolute atomic E-state index is 0.0214. The Labute approximate surface area is 135 Å². The maximum Gasteiger partial charge on any atom is 0.267 e. The average molecular weight is 340 g/mol. The van der Waals surface area contributed by atoms with E-state index in [9.17, 15) is 4.79 Å². The number of rotatable bonds is 1. The Hall–Kier alpha value is -1.55. The van der Waals surface area contributed by atoms with E-state index in [2.05, 4.69) is 4.98 Å². The van der Waals surface area contributed by atoms with E-state index in [1.54, 1.807) is 36.4 Å². The number of aromatic nitrogens is 2. The Morgan fingerprint density at radius 3 is 2.43 bits per heavy atom. The molecular formula is C15H9Cl3N2O. The summed E-state index contributed by atoms with van der Waals surface area (Å²) in [5.74, 6) is 0. The SMILES string of the molecule is Cc1ccc(Cl)c2nc(Cl)n(-c3ccccc3Cl)c(=O)c12. The fourth-order valence-corrected chi connectivity index (χ4v) is 2.90. The number of fused-ring (bicyclic) bond motifs is 1. The summed E-state index contributed by atoms with van der Waals surface area (Å²) in [6.07, 6.45) is 0. The first-order chi connectivity index (χ1) is 10.0. The fraction of sp³-hybridized carbons (Fsp3) is 0.0667. The van der Waals surface area contributed by atoms with Crippen molar-refractivity contribution in [2.45, 2.75) is 6.92 Å². The van der Waals surface area contributed by atoms with Gasteiger partial charge < -0.3 is 0 Å². The second kappa shape index (κ2) is 5.34. The van der Waals surface area contributed by atoms with Crippen molar-refractivity contribution >= 4 is 45.7 Å². The van der Waals surface area contributed by atoms with Crippen molar-refractivity contribution in [1.82, 2.24) is 9.55 Å². The molecule has 0 atom stereocenters. The molecule has 0 unspecified atom stereocenters. The molecule has 0 bridgehead atoms. The van der Waals surface area contributed by atoms with Gasteiger partial charge in [-0.2, -0.15) is 0 Å². The van der Waals surface area contributed by atoms with E-state index in [0.29, 0.717) is 26.6 Å². The monoisotopic (exact) mass is 338 g/mol. The van der Waals surface area contributed by atoms with E-state index in [1.807, 2.05) is 6.92 Å². The third kappa shape index (κ3) is 2.31. The zero-order chi connectivity index (χ0) is 15.1. The molecule has 0 aliphatic carbocycles. The summed E-state index contributed by atoms with van der Waals surface area (Å²) in [5, 5.41) is 1.27. The van der Waals surface area contributed by atoms with Crippen LogP contribution in [0, 0.1) is 6.92 Å². The highest BCUT2D eigenvalue weighted by Gasteiger charge is 2.16. The van der Waals surface area contributed by atoms with Crippen molar-refractivity contribution in [1.29, 1.82) is 0 Å². The largest absolute Gasteiger partial charge is 0.268 e. The molecule has 1 heterocycles. The molecule has 3 aromatic rings. The summed E-state index contributed by atoms with van der Waals surface area (Å²) in [5.41, 5.74) is 1.38. The van der Waals surface area contributed by atoms with Gasteiger partial charge in [-0.05, 0) is 42.3 Å². The number of nitrogens with zero attached hydrogens (tertiary/aromatic N) is 2. The van der Waals surface area contributed by atoms with Crippen LogP contribution in [0.15, 0.2) is 41.2 Å². The van der Waals surface area contributed by atoms with Gasteiger partial charge in [0.05, 0.1) is 26.6 Å². The number of halogens is 3. The Balaban J connectivity index is 2.49.